The maximum atomic E-state index is 12.4. The Labute approximate surface area is 137 Å². The van der Waals surface area contributed by atoms with Gasteiger partial charge in [0, 0.05) is 16.8 Å². The second-order valence-electron chi connectivity index (χ2n) is 4.69. The third-order valence-electron chi connectivity index (χ3n) is 3.33. The summed E-state index contributed by atoms with van der Waals surface area (Å²) in [4.78, 5) is 17.5. The van der Waals surface area contributed by atoms with Crippen LogP contribution in [0, 0.1) is 0 Å². The quantitative estimate of drug-likeness (QED) is 0.827. The van der Waals surface area contributed by atoms with Crippen molar-refractivity contribution in [3.63, 3.8) is 0 Å². The minimum absolute atomic E-state index is 0.00189. The summed E-state index contributed by atoms with van der Waals surface area (Å²) in [6, 6.07) is 9.61. The maximum absolute atomic E-state index is 12.4. The Morgan fingerprint density at radius 1 is 1.33 bits per heavy atom. The smallest absolute Gasteiger partial charge is 0.253 e. The molecule has 0 bridgehead atoms. The molecule has 1 aliphatic heterocycles. The van der Waals surface area contributed by atoms with Gasteiger partial charge in [0.25, 0.3) is 5.91 Å². The average molecular weight is 339 g/mol. The van der Waals surface area contributed by atoms with Gasteiger partial charge in [-0.1, -0.05) is 41.4 Å². The molecule has 0 radical (unpaired) electrons. The van der Waals surface area contributed by atoms with Crippen molar-refractivity contribution >= 4 is 40.9 Å². The zero-order valence-electron chi connectivity index (χ0n) is 11.0. The number of hydrogen-bond acceptors (Lipinski definition) is 3. The summed E-state index contributed by atoms with van der Waals surface area (Å²) in [6.07, 6.45) is 2.29. The second-order valence-corrected chi connectivity index (χ2v) is 6.62. The maximum Gasteiger partial charge on any atom is 0.253 e. The molecule has 3 rings (SSSR count). The molecule has 0 saturated heterocycles. The highest BCUT2D eigenvalue weighted by molar-refractivity contribution is 7.99. The number of nitrogens with one attached hydrogen (secondary N) is 1. The lowest BCUT2D eigenvalue weighted by Gasteiger charge is -2.26. The predicted molar refractivity (Wildman–Crippen MR) is 86.2 cm³/mol. The fourth-order valence-electron chi connectivity index (χ4n) is 2.32. The summed E-state index contributed by atoms with van der Waals surface area (Å²) in [5.74, 6) is 0.753. The third-order valence-corrected chi connectivity index (χ3v) is 4.96. The largest absolute Gasteiger partial charge is 0.345 e. The summed E-state index contributed by atoms with van der Waals surface area (Å²) in [7, 11) is 0. The van der Waals surface area contributed by atoms with Gasteiger partial charge in [-0.05, 0) is 24.1 Å². The Bertz CT molecular complexity index is 693. The van der Waals surface area contributed by atoms with Crippen molar-refractivity contribution in [3.8, 4) is 0 Å². The van der Waals surface area contributed by atoms with Crippen molar-refractivity contribution in [2.24, 2.45) is 0 Å². The number of aromatic nitrogens is 1. The first kappa shape index (κ1) is 14.7. The van der Waals surface area contributed by atoms with Crippen LogP contribution < -0.4 is 5.32 Å². The van der Waals surface area contributed by atoms with Gasteiger partial charge in [-0.25, -0.2) is 4.98 Å². The van der Waals surface area contributed by atoms with Crippen LogP contribution in [0.5, 0.6) is 0 Å². The Morgan fingerprint density at radius 3 is 3.00 bits per heavy atom. The number of nitrogens with zero attached hydrogens (tertiary/aromatic N) is 1. The van der Waals surface area contributed by atoms with E-state index in [9.17, 15) is 4.79 Å². The van der Waals surface area contributed by atoms with E-state index < -0.39 is 0 Å². The highest BCUT2D eigenvalue weighted by Gasteiger charge is 2.23. The van der Waals surface area contributed by atoms with Crippen LogP contribution >= 0.6 is 35.0 Å². The number of carbonyl (C=O) groups excluding carboxylic acids is 1. The third kappa shape index (κ3) is 3.18. The molecular formula is C15H12Cl2N2OS. The van der Waals surface area contributed by atoms with E-state index in [1.54, 1.807) is 0 Å². The molecule has 2 heterocycles. The molecular weight excluding hydrogens is 327 g/mol. The van der Waals surface area contributed by atoms with Gasteiger partial charge in [0.2, 0.25) is 0 Å². The number of benzene rings is 1. The number of hydrogen-bond donors (Lipinski definition) is 1. The molecule has 1 amide bonds. The monoisotopic (exact) mass is 338 g/mol. The number of thioether (sulfide) groups is 1. The SMILES string of the molecule is O=C(NC1CCSc2ccccc21)c1cc(Cl)ncc1Cl. The van der Waals surface area contributed by atoms with E-state index in [1.165, 1.54) is 17.2 Å². The molecule has 1 aromatic heterocycles. The van der Waals surface area contributed by atoms with E-state index >= 15 is 0 Å². The molecule has 0 saturated carbocycles. The molecule has 108 valence electrons. The molecule has 0 fully saturated rings. The van der Waals surface area contributed by atoms with Gasteiger partial charge in [0.1, 0.15) is 5.15 Å². The van der Waals surface area contributed by atoms with Gasteiger partial charge >= 0.3 is 0 Å². The fraction of sp³-hybridized carbons (Fsp3) is 0.200. The Morgan fingerprint density at radius 2 is 2.14 bits per heavy atom. The van der Waals surface area contributed by atoms with Crippen LogP contribution in [-0.2, 0) is 0 Å². The number of halogens is 2. The second kappa shape index (κ2) is 6.26. The van der Waals surface area contributed by atoms with E-state index in [1.807, 2.05) is 30.0 Å². The fourth-order valence-corrected chi connectivity index (χ4v) is 3.79. The Hall–Kier alpha value is -1.23. The topological polar surface area (TPSA) is 42.0 Å². The van der Waals surface area contributed by atoms with Crippen LogP contribution in [0.2, 0.25) is 10.2 Å². The van der Waals surface area contributed by atoms with Gasteiger partial charge < -0.3 is 5.32 Å². The summed E-state index contributed by atoms with van der Waals surface area (Å²) < 4.78 is 0. The highest BCUT2D eigenvalue weighted by atomic mass is 35.5. The number of pyridine rings is 1. The van der Waals surface area contributed by atoms with E-state index in [0.29, 0.717) is 10.6 Å². The van der Waals surface area contributed by atoms with Crippen LogP contribution in [0.4, 0.5) is 0 Å². The lowest BCUT2D eigenvalue weighted by Crippen LogP contribution is -2.30. The van der Waals surface area contributed by atoms with Gasteiger partial charge in [0.15, 0.2) is 0 Å². The van der Waals surface area contributed by atoms with E-state index in [0.717, 1.165) is 17.7 Å². The van der Waals surface area contributed by atoms with Gasteiger partial charge in [0.05, 0.1) is 16.6 Å². The zero-order chi connectivity index (χ0) is 14.8. The lowest BCUT2D eigenvalue weighted by atomic mass is 10.0. The minimum atomic E-state index is -0.226. The molecule has 0 spiro atoms. The van der Waals surface area contributed by atoms with Crippen LogP contribution in [0.3, 0.4) is 0 Å². The van der Waals surface area contributed by atoms with Gasteiger partial charge in [-0.2, -0.15) is 0 Å². The summed E-state index contributed by atoms with van der Waals surface area (Å²) in [5, 5.41) is 3.59. The van der Waals surface area contributed by atoms with Crippen LogP contribution in [0.15, 0.2) is 41.4 Å². The first-order chi connectivity index (χ1) is 10.1. The molecule has 1 unspecified atom stereocenters. The summed E-state index contributed by atoms with van der Waals surface area (Å²) in [6.45, 7) is 0. The van der Waals surface area contributed by atoms with E-state index in [4.69, 9.17) is 23.2 Å². The van der Waals surface area contributed by atoms with Crippen molar-refractivity contribution in [2.45, 2.75) is 17.4 Å². The standard InChI is InChI=1S/C15H12Cl2N2OS/c16-11-8-18-14(17)7-10(11)15(20)19-12-5-6-21-13-4-2-1-3-9(12)13/h1-4,7-8,12H,5-6H2,(H,19,20). The zero-order valence-corrected chi connectivity index (χ0v) is 13.3. The van der Waals surface area contributed by atoms with Crippen LogP contribution in [0.25, 0.3) is 0 Å². The summed E-state index contributed by atoms with van der Waals surface area (Å²) in [5.41, 5.74) is 1.51. The Balaban J connectivity index is 1.84. The molecule has 3 nitrogen and oxygen atoms in total. The number of carbonyl (C=O) groups is 1. The van der Waals surface area contributed by atoms with Gasteiger partial charge in [-0.3, -0.25) is 4.79 Å². The average Bonchev–Trinajstić information content (AvgIpc) is 2.50. The van der Waals surface area contributed by atoms with Crippen molar-refractivity contribution in [2.75, 3.05) is 5.75 Å². The number of rotatable bonds is 2. The van der Waals surface area contributed by atoms with Crippen molar-refractivity contribution in [3.05, 3.63) is 57.8 Å². The molecule has 21 heavy (non-hydrogen) atoms. The van der Waals surface area contributed by atoms with Crippen LogP contribution in [-0.4, -0.2) is 16.6 Å². The number of amides is 1. The van der Waals surface area contributed by atoms with Crippen molar-refractivity contribution < 1.29 is 4.79 Å². The highest BCUT2D eigenvalue weighted by Crippen LogP contribution is 2.36. The first-order valence-corrected chi connectivity index (χ1v) is 8.23. The number of fused-ring (bicyclic) bond motifs is 1. The van der Waals surface area contributed by atoms with E-state index in [-0.39, 0.29) is 17.1 Å². The lowest BCUT2D eigenvalue weighted by molar-refractivity contribution is 0.0935. The molecule has 0 aliphatic carbocycles. The van der Waals surface area contributed by atoms with Gasteiger partial charge in [-0.15, -0.1) is 11.8 Å². The molecule has 1 aliphatic rings. The van der Waals surface area contributed by atoms with Crippen molar-refractivity contribution in [1.82, 2.24) is 10.3 Å². The molecule has 2 aromatic rings. The predicted octanol–water partition coefficient (Wildman–Crippen LogP) is 4.36. The Kier molecular flexibility index (Phi) is 4.38. The molecule has 1 N–H and O–H groups in total. The first-order valence-electron chi connectivity index (χ1n) is 6.49. The molecule has 1 aromatic carbocycles. The molecule has 1 atom stereocenters. The van der Waals surface area contributed by atoms with Crippen LogP contribution in [0.1, 0.15) is 28.4 Å². The van der Waals surface area contributed by atoms with E-state index in [2.05, 4.69) is 16.4 Å². The van der Waals surface area contributed by atoms with Crippen molar-refractivity contribution in [1.29, 1.82) is 0 Å². The minimum Gasteiger partial charge on any atom is -0.345 e. The molecule has 6 heteroatoms. The normalized spacial score (nSPS) is 17.1. The summed E-state index contributed by atoms with van der Waals surface area (Å²) >= 11 is 13.7.